The van der Waals surface area contributed by atoms with Gasteiger partial charge < -0.3 is 19.6 Å². The summed E-state index contributed by atoms with van der Waals surface area (Å²) in [5.41, 5.74) is 1.06. The molecule has 2 rings (SSSR count). The number of anilines is 1. The summed E-state index contributed by atoms with van der Waals surface area (Å²) in [6.07, 6.45) is 0.115. The maximum atomic E-state index is 11.4. The molecule has 1 atom stereocenters. The maximum absolute atomic E-state index is 11.4. The molecule has 1 N–H and O–H groups in total. The van der Waals surface area contributed by atoms with Crippen molar-refractivity contribution in [1.29, 1.82) is 0 Å². The Bertz CT molecular complexity index is 424. The Balaban J connectivity index is 1.97. The minimum atomic E-state index is -0.360. The molecule has 0 saturated carbocycles. The van der Waals surface area contributed by atoms with Gasteiger partial charge in [0.2, 0.25) is 0 Å². The van der Waals surface area contributed by atoms with Crippen molar-refractivity contribution in [2.45, 2.75) is 19.4 Å². The summed E-state index contributed by atoms with van der Waals surface area (Å²) in [6.45, 7) is 4.97. The average Bonchev–Trinajstić information content (AvgIpc) is 2.89. The number of rotatable bonds is 7. The minimum absolute atomic E-state index is 0.242. The number of nitrogens with zero attached hydrogens (tertiary/aromatic N) is 2. The van der Waals surface area contributed by atoms with Crippen molar-refractivity contribution in [3.63, 3.8) is 0 Å². The Morgan fingerprint density at radius 3 is 2.75 bits per heavy atom. The number of cyclic esters (lactones) is 1. The van der Waals surface area contributed by atoms with E-state index in [1.54, 1.807) is 4.90 Å². The lowest BCUT2D eigenvalue weighted by Crippen LogP contribution is -2.39. The Hall–Kier alpha value is -1.75. The Kier molecular flexibility index (Phi) is 5.24. The first-order valence-corrected chi connectivity index (χ1v) is 7.10. The van der Waals surface area contributed by atoms with Crippen molar-refractivity contribution < 1.29 is 14.6 Å². The predicted molar refractivity (Wildman–Crippen MR) is 77.9 cm³/mol. The SMILES string of the molecule is CC[C@@H](O)CN(CCN1CCOC1=O)c1ccccc1. The fraction of sp³-hybridized carbons (Fsp3) is 0.533. The lowest BCUT2D eigenvalue weighted by atomic mass is 10.2. The van der Waals surface area contributed by atoms with E-state index in [1.165, 1.54) is 0 Å². The Morgan fingerprint density at radius 1 is 1.40 bits per heavy atom. The lowest BCUT2D eigenvalue weighted by Gasteiger charge is -2.28. The quantitative estimate of drug-likeness (QED) is 0.825. The first kappa shape index (κ1) is 14.7. The average molecular weight is 278 g/mol. The van der Waals surface area contributed by atoms with Crippen molar-refractivity contribution in [2.24, 2.45) is 0 Å². The molecule has 0 aromatic heterocycles. The number of aliphatic hydroxyl groups excluding tert-OH is 1. The number of carbonyl (C=O) groups is 1. The first-order valence-electron chi connectivity index (χ1n) is 7.10. The van der Waals surface area contributed by atoms with Crippen LogP contribution in [0.1, 0.15) is 13.3 Å². The van der Waals surface area contributed by atoms with Crippen LogP contribution in [0.4, 0.5) is 10.5 Å². The minimum Gasteiger partial charge on any atom is -0.448 e. The van der Waals surface area contributed by atoms with E-state index in [1.807, 2.05) is 37.3 Å². The molecular formula is C15H22N2O3. The Labute approximate surface area is 119 Å². The number of ether oxygens (including phenoxy) is 1. The number of hydrogen-bond acceptors (Lipinski definition) is 4. The fourth-order valence-electron chi connectivity index (χ4n) is 2.22. The largest absolute Gasteiger partial charge is 0.448 e. The molecule has 1 heterocycles. The number of benzene rings is 1. The number of para-hydroxylation sites is 1. The van der Waals surface area contributed by atoms with Crippen molar-refractivity contribution in [3.8, 4) is 0 Å². The molecule has 1 amide bonds. The highest BCUT2D eigenvalue weighted by molar-refractivity contribution is 5.69. The van der Waals surface area contributed by atoms with Gasteiger partial charge in [-0.15, -0.1) is 0 Å². The molecule has 0 spiro atoms. The van der Waals surface area contributed by atoms with Crippen LogP contribution in [0.25, 0.3) is 0 Å². The van der Waals surface area contributed by atoms with Crippen molar-refractivity contribution in [2.75, 3.05) is 37.7 Å². The van der Waals surface area contributed by atoms with E-state index in [0.29, 0.717) is 32.8 Å². The van der Waals surface area contributed by atoms with Gasteiger partial charge in [0.25, 0.3) is 0 Å². The summed E-state index contributed by atoms with van der Waals surface area (Å²) in [5.74, 6) is 0. The van der Waals surface area contributed by atoms with Crippen LogP contribution >= 0.6 is 0 Å². The number of aliphatic hydroxyl groups is 1. The first-order chi connectivity index (χ1) is 9.70. The Morgan fingerprint density at radius 2 is 2.15 bits per heavy atom. The van der Waals surface area contributed by atoms with Crippen molar-refractivity contribution in [1.82, 2.24) is 4.90 Å². The fourth-order valence-corrected chi connectivity index (χ4v) is 2.22. The van der Waals surface area contributed by atoms with Gasteiger partial charge in [0.15, 0.2) is 0 Å². The van der Waals surface area contributed by atoms with Gasteiger partial charge in [0, 0.05) is 25.3 Å². The summed E-state index contributed by atoms with van der Waals surface area (Å²) in [5, 5.41) is 9.89. The molecule has 1 fully saturated rings. The third kappa shape index (κ3) is 3.87. The van der Waals surface area contributed by atoms with Crippen LogP contribution in [0.5, 0.6) is 0 Å². The smallest absolute Gasteiger partial charge is 0.409 e. The standard InChI is InChI=1S/C15H22N2O3/c1-2-14(18)12-17(13-6-4-3-5-7-13)9-8-16-10-11-20-15(16)19/h3-7,14,18H,2,8-12H2,1H3/t14-/m1/s1. The topological polar surface area (TPSA) is 53.0 Å². The molecule has 5 heteroatoms. The number of carbonyl (C=O) groups excluding carboxylic acids is 1. The van der Waals surface area contributed by atoms with E-state index in [4.69, 9.17) is 4.74 Å². The highest BCUT2D eigenvalue weighted by Crippen LogP contribution is 2.15. The monoisotopic (exact) mass is 278 g/mol. The molecular weight excluding hydrogens is 256 g/mol. The number of hydrogen-bond donors (Lipinski definition) is 1. The molecule has 0 bridgehead atoms. The van der Waals surface area contributed by atoms with Gasteiger partial charge in [-0.25, -0.2) is 4.79 Å². The summed E-state index contributed by atoms with van der Waals surface area (Å²) in [7, 11) is 0. The van der Waals surface area contributed by atoms with Crippen LogP contribution in [0.15, 0.2) is 30.3 Å². The molecule has 1 aliphatic heterocycles. The van der Waals surface area contributed by atoms with Gasteiger partial charge in [0.05, 0.1) is 12.6 Å². The van der Waals surface area contributed by atoms with Gasteiger partial charge >= 0.3 is 6.09 Å². The summed E-state index contributed by atoms with van der Waals surface area (Å²) >= 11 is 0. The normalized spacial score (nSPS) is 16.1. The molecule has 0 radical (unpaired) electrons. The van der Waals surface area contributed by atoms with E-state index in [2.05, 4.69) is 4.90 Å². The second-order valence-corrected chi connectivity index (χ2v) is 4.95. The van der Waals surface area contributed by atoms with Gasteiger partial charge in [-0.3, -0.25) is 0 Å². The van der Waals surface area contributed by atoms with Crippen molar-refractivity contribution >= 4 is 11.8 Å². The molecule has 1 aromatic carbocycles. The van der Waals surface area contributed by atoms with E-state index >= 15 is 0 Å². The lowest BCUT2D eigenvalue weighted by molar-refractivity contribution is 0.158. The zero-order chi connectivity index (χ0) is 14.4. The summed E-state index contributed by atoms with van der Waals surface area (Å²) in [4.78, 5) is 15.3. The van der Waals surface area contributed by atoms with Gasteiger partial charge in [-0.1, -0.05) is 25.1 Å². The molecule has 0 aliphatic carbocycles. The van der Waals surface area contributed by atoms with Crippen LogP contribution in [0.3, 0.4) is 0 Å². The highest BCUT2D eigenvalue weighted by Gasteiger charge is 2.22. The molecule has 20 heavy (non-hydrogen) atoms. The second kappa shape index (κ2) is 7.14. The van der Waals surface area contributed by atoms with Gasteiger partial charge in [0.1, 0.15) is 6.61 Å². The zero-order valence-corrected chi connectivity index (χ0v) is 11.9. The molecule has 110 valence electrons. The zero-order valence-electron chi connectivity index (χ0n) is 11.9. The third-order valence-electron chi connectivity index (χ3n) is 3.51. The highest BCUT2D eigenvalue weighted by atomic mass is 16.6. The molecule has 0 unspecified atom stereocenters. The maximum Gasteiger partial charge on any atom is 0.409 e. The number of amides is 1. The van der Waals surface area contributed by atoms with E-state index in [-0.39, 0.29) is 12.2 Å². The third-order valence-corrected chi connectivity index (χ3v) is 3.51. The van der Waals surface area contributed by atoms with Crippen LogP contribution in [0, 0.1) is 0 Å². The summed E-state index contributed by atoms with van der Waals surface area (Å²) in [6, 6.07) is 9.96. The molecule has 1 aliphatic rings. The van der Waals surface area contributed by atoms with Crippen LogP contribution in [-0.2, 0) is 4.74 Å². The van der Waals surface area contributed by atoms with Crippen molar-refractivity contribution in [3.05, 3.63) is 30.3 Å². The van der Waals surface area contributed by atoms with Crippen LogP contribution in [0.2, 0.25) is 0 Å². The molecule has 1 aromatic rings. The van der Waals surface area contributed by atoms with E-state index in [0.717, 1.165) is 12.1 Å². The summed E-state index contributed by atoms with van der Waals surface area (Å²) < 4.78 is 4.92. The second-order valence-electron chi connectivity index (χ2n) is 4.95. The van der Waals surface area contributed by atoms with Crippen LogP contribution < -0.4 is 4.90 Å². The predicted octanol–water partition coefficient (Wildman–Crippen LogP) is 1.72. The van der Waals surface area contributed by atoms with E-state index < -0.39 is 0 Å². The molecule has 5 nitrogen and oxygen atoms in total. The van der Waals surface area contributed by atoms with Gasteiger partial charge in [-0.05, 0) is 18.6 Å². The molecule has 1 saturated heterocycles. The van der Waals surface area contributed by atoms with E-state index in [9.17, 15) is 9.90 Å². The van der Waals surface area contributed by atoms with Gasteiger partial charge in [-0.2, -0.15) is 0 Å². The van der Waals surface area contributed by atoms with Crippen LogP contribution in [-0.4, -0.2) is 55.0 Å².